The Morgan fingerprint density at radius 2 is 2.05 bits per heavy atom. The van der Waals surface area contributed by atoms with E-state index in [1.807, 2.05) is 26.8 Å². The maximum atomic E-state index is 12.1. The van der Waals surface area contributed by atoms with Crippen molar-refractivity contribution in [2.24, 2.45) is 0 Å². The van der Waals surface area contributed by atoms with Gasteiger partial charge in [-0.2, -0.15) is 5.26 Å². The predicted molar refractivity (Wildman–Crippen MR) is 71.0 cm³/mol. The Kier molecular flexibility index (Phi) is 4.49. The summed E-state index contributed by atoms with van der Waals surface area (Å²) in [5.41, 5.74) is 0.307. The SMILES string of the molecule is CC(C)(C)c1ccc(C#N)c(=O)n1CCCC(=O)O. The Morgan fingerprint density at radius 1 is 1.42 bits per heavy atom. The van der Waals surface area contributed by atoms with E-state index in [1.54, 1.807) is 6.07 Å². The van der Waals surface area contributed by atoms with Gasteiger partial charge in [-0.05, 0) is 18.6 Å². The van der Waals surface area contributed by atoms with Crippen LogP contribution >= 0.6 is 0 Å². The lowest BCUT2D eigenvalue weighted by Crippen LogP contribution is -2.31. The molecule has 5 nitrogen and oxygen atoms in total. The van der Waals surface area contributed by atoms with Crippen molar-refractivity contribution in [1.82, 2.24) is 4.57 Å². The van der Waals surface area contributed by atoms with Crippen molar-refractivity contribution in [2.45, 2.75) is 45.6 Å². The number of aromatic nitrogens is 1. The summed E-state index contributed by atoms with van der Waals surface area (Å²) in [6.45, 7) is 6.23. The third kappa shape index (κ3) is 3.68. The largest absolute Gasteiger partial charge is 0.481 e. The number of pyridine rings is 1. The highest BCUT2D eigenvalue weighted by Gasteiger charge is 2.20. The fourth-order valence-electron chi connectivity index (χ4n) is 1.93. The third-order valence-corrected chi connectivity index (χ3v) is 2.84. The van der Waals surface area contributed by atoms with Crippen LogP contribution in [0.25, 0.3) is 0 Å². The molecule has 0 amide bonds. The van der Waals surface area contributed by atoms with Gasteiger partial charge < -0.3 is 9.67 Å². The van der Waals surface area contributed by atoms with Gasteiger partial charge in [0.05, 0.1) is 0 Å². The molecule has 1 aromatic heterocycles. The van der Waals surface area contributed by atoms with Crippen molar-refractivity contribution in [2.75, 3.05) is 0 Å². The number of nitrogens with zero attached hydrogens (tertiary/aromatic N) is 2. The van der Waals surface area contributed by atoms with Crippen LogP contribution in [0.1, 0.15) is 44.9 Å². The molecule has 0 atom stereocenters. The first kappa shape index (κ1) is 15.0. The van der Waals surface area contributed by atoms with E-state index in [4.69, 9.17) is 10.4 Å². The minimum absolute atomic E-state index is 0.00675. The molecule has 0 aliphatic rings. The van der Waals surface area contributed by atoms with Crippen LogP contribution < -0.4 is 5.56 Å². The molecule has 1 aromatic rings. The average molecular weight is 262 g/mol. The second kappa shape index (κ2) is 5.70. The molecule has 5 heteroatoms. The molecular formula is C14H18N2O3. The summed E-state index contributed by atoms with van der Waals surface area (Å²) >= 11 is 0. The number of carbonyl (C=O) groups is 1. The maximum Gasteiger partial charge on any atom is 0.303 e. The van der Waals surface area contributed by atoms with Crippen LogP contribution in [0.2, 0.25) is 0 Å². The lowest BCUT2D eigenvalue weighted by Gasteiger charge is -2.24. The Morgan fingerprint density at radius 3 is 2.53 bits per heavy atom. The molecule has 0 saturated carbocycles. The Bertz CT molecular complexity index is 574. The Labute approximate surface area is 112 Å². The van der Waals surface area contributed by atoms with Crippen molar-refractivity contribution < 1.29 is 9.90 Å². The number of carboxylic acids is 1. The minimum Gasteiger partial charge on any atom is -0.481 e. The second-order valence-electron chi connectivity index (χ2n) is 5.45. The topological polar surface area (TPSA) is 83.1 Å². The van der Waals surface area contributed by atoms with E-state index in [0.29, 0.717) is 13.0 Å². The molecule has 1 heterocycles. The van der Waals surface area contributed by atoms with Gasteiger partial charge in [0.15, 0.2) is 0 Å². The van der Waals surface area contributed by atoms with Crippen LogP contribution in [0.15, 0.2) is 16.9 Å². The maximum absolute atomic E-state index is 12.1. The second-order valence-corrected chi connectivity index (χ2v) is 5.45. The molecule has 1 N–H and O–H groups in total. The molecule has 102 valence electrons. The minimum atomic E-state index is -0.887. The molecule has 0 aliphatic carbocycles. The van der Waals surface area contributed by atoms with Crippen molar-refractivity contribution in [1.29, 1.82) is 5.26 Å². The van der Waals surface area contributed by atoms with Crippen molar-refractivity contribution in [3.8, 4) is 6.07 Å². The predicted octanol–water partition coefficient (Wildman–Crippen LogP) is 1.88. The highest BCUT2D eigenvalue weighted by molar-refractivity contribution is 5.66. The van der Waals surface area contributed by atoms with Gasteiger partial charge in [0.1, 0.15) is 11.6 Å². The van der Waals surface area contributed by atoms with Crippen LogP contribution in [0.5, 0.6) is 0 Å². The molecule has 0 aliphatic heterocycles. The first-order valence-corrected chi connectivity index (χ1v) is 6.13. The number of rotatable bonds is 4. The van der Waals surface area contributed by atoms with E-state index in [1.165, 1.54) is 10.6 Å². The van der Waals surface area contributed by atoms with Crippen molar-refractivity contribution in [3.63, 3.8) is 0 Å². The van der Waals surface area contributed by atoms with Crippen LogP contribution in [0.4, 0.5) is 0 Å². The number of carboxylic acid groups (broad SMARTS) is 1. The lowest BCUT2D eigenvalue weighted by atomic mass is 9.90. The van der Waals surface area contributed by atoms with Gasteiger partial charge in [0.25, 0.3) is 5.56 Å². The molecule has 0 spiro atoms. The van der Waals surface area contributed by atoms with E-state index in [-0.39, 0.29) is 23.0 Å². The molecule has 0 aromatic carbocycles. The summed E-state index contributed by atoms with van der Waals surface area (Å²) in [5, 5.41) is 17.5. The molecule has 1 rings (SSSR count). The van der Waals surface area contributed by atoms with Gasteiger partial charge in [-0.1, -0.05) is 20.8 Å². The van der Waals surface area contributed by atoms with Gasteiger partial charge in [0, 0.05) is 24.1 Å². The fourth-order valence-corrected chi connectivity index (χ4v) is 1.93. The van der Waals surface area contributed by atoms with Crippen LogP contribution in [0.3, 0.4) is 0 Å². The first-order chi connectivity index (χ1) is 8.77. The summed E-state index contributed by atoms with van der Waals surface area (Å²) in [4.78, 5) is 22.7. The van der Waals surface area contributed by atoms with Crippen LogP contribution in [-0.4, -0.2) is 15.6 Å². The third-order valence-electron chi connectivity index (χ3n) is 2.84. The smallest absolute Gasteiger partial charge is 0.303 e. The van der Waals surface area contributed by atoms with Crippen molar-refractivity contribution >= 4 is 5.97 Å². The monoisotopic (exact) mass is 262 g/mol. The van der Waals surface area contributed by atoms with E-state index < -0.39 is 5.97 Å². The Hall–Kier alpha value is -2.09. The quantitative estimate of drug-likeness (QED) is 0.898. The summed E-state index contributed by atoms with van der Waals surface area (Å²) in [6.07, 6.45) is 0.375. The summed E-state index contributed by atoms with van der Waals surface area (Å²) in [5.74, 6) is -0.887. The van der Waals surface area contributed by atoms with Gasteiger partial charge in [-0.3, -0.25) is 9.59 Å². The van der Waals surface area contributed by atoms with Crippen LogP contribution in [0, 0.1) is 11.3 Å². The summed E-state index contributed by atoms with van der Waals surface area (Å²) in [7, 11) is 0. The number of hydrogen-bond donors (Lipinski definition) is 1. The zero-order valence-corrected chi connectivity index (χ0v) is 11.4. The van der Waals surface area contributed by atoms with E-state index in [2.05, 4.69) is 0 Å². The van der Waals surface area contributed by atoms with E-state index in [0.717, 1.165) is 5.69 Å². The summed E-state index contributed by atoms with van der Waals surface area (Å²) in [6, 6.07) is 5.15. The van der Waals surface area contributed by atoms with Crippen LogP contribution in [-0.2, 0) is 16.8 Å². The van der Waals surface area contributed by atoms with E-state index >= 15 is 0 Å². The summed E-state index contributed by atoms with van der Waals surface area (Å²) < 4.78 is 1.52. The highest BCUT2D eigenvalue weighted by atomic mass is 16.4. The zero-order valence-electron chi connectivity index (χ0n) is 11.4. The first-order valence-electron chi connectivity index (χ1n) is 6.13. The number of aliphatic carboxylic acids is 1. The molecular weight excluding hydrogens is 244 g/mol. The molecule has 0 unspecified atom stereocenters. The van der Waals surface area contributed by atoms with E-state index in [9.17, 15) is 9.59 Å². The molecule has 19 heavy (non-hydrogen) atoms. The Balaban J connectivity index is 3.20. The van der Waals surface area contributed by atoms with Gasteiger partial charge in [-0.15, -0.1) is 0 Å². The normalized spacial score (nSPS) is 11.1. The zero-order chi connectivity index (χ0) is 14.6. The van der Waals surface area contributed by atoms with Gasteiger partial charge >= 0.3 is 5.97 Å². The molecule has 0 fully saturated rings. The lowest BCUT2D eigenvalue weighted by molar-refractivity contribution is -0.137. The average Bonchev–Trinajstić information content (AvgIpc) is 2.29. The number of nitriles is 1. The number of hydrogen-bond acceptors (Lipinski definition) is 3. The fraction of sp³-hybridized carbons (Fsp3) is 0.500. The van der Waals surface area contributed by atoms with Gasteiger partial charge in [-0.25, -0.2) is 0 Å². The molecule has 0 radical (unpaired) electrons. The van der Waals surface area contributed by atoms with Crippen molar-refractivity contribution in [3.05, 3.63) is 33.7 Å². The molecule has 0 bridgehead atoms. The molecule has 0 saturated heterocycles. The van der Waals surface area contributed by atoms with Gasteiger partial charge in [0.2, 0.25) is 0 Å². The highest BCUT2D eigenvalue weighted by Crippen LogP contribution is 2.21. The standard InChI is InChI=1S/C14H18N2O3/c1-14(2,3)11-7-6-10(9-15)13(19)16(11)8-4-5-12(17)18/h6-7H,4-5,8H2,1-3H3,(H,17,18).